The molecule has 2 N–H and O–H groups in total. The van der Waals surface area contributed by atoms with Crippen molar-refractivity contribution < 1.29 is 32.3 Å². The lowest BCUT2D eigenvalue weighted by molar-refractivity contribution is -0.111. The summed E-state index contributed by atoms with van der Waals surface area (Å²) in [6.07, 6.45) is 2.58. The van der Waals surface area contributed by atoms with E-state index in [0.717, 1.165) is 50.0 Å². The summed E-state index contributed by atoms with van der Waals surface area (Å²) in [5.41, 5.74) is 2.49. The number of furan rings is 1. The van der Waals surface area contributed by atoms with Crippen LogP contribution >= 0.6 is 11.6 Å². The minimum absolute atomic E-state index is 0.219. The molecule has 1 saturated heterocycles. The first kappa shape index (κ1) is 30.8. The number of ether oxygens (including phenoxy) is 2. The maximum Gasteiger partial charge on any atom is 0.249 e. The summed E-state index contributed by atoms with van der Waals surface area (Å²) >= 11 is 5.61. The largest absolute Gasteiger partial charge is 0.494 e. The molecule has 1 aliphatic rings. The number of rotatable bonds is 10. The topological polar surface area (TPSA) is 109 Å². The van der Waals surface area contributed by atoms with E-state index in [-0.39, 0.29) is 22.8 Å². The molecular formula is C31H30ClF2N5O5. The van der Waals surface area contributed by atoms with Crippen molar-refractivity contribution in [2.24, 2.45) is 0 Å². The Bertz CT molecular complexity index is 1710. The third kappa shape index (κ3) is 6.31. The van der Waals surface area contributed by atoms with Gasteiger partial charge in [-0.05, 0) is 36.9 Å². The fourth-order valence-corrected chi connectivity index (χ4v) is 5.08. The molecule has 44 heavy (non-hydrogen) atoms. The van der Waals surface area contributed by atoms with E-state index in [4.69, 9.17) is 25.5 Å². The lowest BCUT2D eigenvalue weighted by atomic mass is 10.1. The van der Waals surface area contributed by atoms with Crippen LogP contribution in [0, 0.1) is 11.6 Å². The molecule has 1 fully saturated rings. The van der Waals surface area contributed by atoms with Crippen LogP contribution in [-0.4, -0.2) is 68.5 Å². The molecule has 0 saturated carbocycles. The monoisotopic (exact) mass is 625 g/mol. The Morgan fingerprint density at radius 1 is 1.02 bits per heavy atom. The van der Waals surface area contributed by atoms with Crippen LogP contribution in [0.1, 0.15) is 23.0 Å². The number of nitrogens with zero attached hydrogens (tertiary/aromatic N) is 3. The fraction of sp³-hybridized carbons (Fsp3) is 0.258. The van der Waals surface area contributed by atoms with E-state index >= 15 is 0 Å². The van der Waals surface area contributed by atoms with Crippen molar-refractivity contribution in [2.45, 2.75) is 6.92 Å². The van der Waals surface area contributed by atoms with Gasteiger partial charge < -0.3 is 34.3 Å². The second kappa shape index (κ2) is 13.3. The number of likely N-dealkylation sites (N-methyl/N-ethyl adjacent to an activating group) is 1. The van der Waals surface area contributed by atoms with Gasteiger partial charge in [-0.1, -0.05) is 18.5 Å². The number of ketones is 1. The summed E-state index contributed by atoms with van der Waals surface area (Å²) in [4.78, 5) is 34.6. The summed E-state index contributed by atoms with van der Waals surface area (Å²) < 4.78 is 45.4. The van der Waals surface area contributed by atoms with Crippen LogP contribution in [0.3, 0.4) is 0 Å². The number of anilines is 4. The highest BCUT2D eigenvalue weighted by atomic mass is 35.5. The van der Waals surface area contributed by atoms with Crippen molar-refractivity contribution in [1.29, 1.82) is 0 Å². The fourth-order valence-electron chi connectivity index (χ4n) is 4.97. The van der Waals surface area contributed by atoms with Gasteiger partial charge in [-0.2, -0.15) is 0 Å². The molecule has 0 radical (unpaired) electrons. The average molecular weight is 626 g/mol. The second-order valence-electron chi connectivity index (χ2n) is 9.89. The van der Waals surface area contributed by atoms with Crippen LogP contribution in [-0.2, 0) is 4.79 Å². The van der Waals surface area contributed by atoms with E-state index in [1.165, 1.54) is 32.6 Å². The number of halogens is 3. The smallest absolute Gasteiger partial charge is 0.249 e. The number of benzene rings is 2. The van der Waals surface area contributed by atoms with Crippen molar-refractivity contribution in [3.05, 3.63) is 77.2 Å². The first-order chi connectivity index (χ1) is 21.3. The van der Waals surface area contributed by atoms with E-state index in [1.54, 1.807) is 6.07 Å². The number of fused-ring (bicyclic) bond motifs is 1. The predicted octanol–water partition coefficient (Wildman–Crippen LogP) is 5.93. The number of carbonyl (C=O) groups is 2. The van der Waals surface area contributed by atoms with Gasteiger partial charge in [0.1, 0.15) is 11.4 Å². The van der Waals surface area contributed by atoms with E-state index in [1.807, 2.05) is 18.2 Å². The SMILES string of the molecule is CCN1CCN(c2ccc(Nc3cc4cc(C(=O)c5c(F)c(OC)cc(OC)c5F)oc4cn3)c(NC(=O)/C=C\Cl)c2)CC1. The van der Waals surface area contributed by atoms with Gasteiger partial charge in [0.25, 0.3) is 0 Å². The normalized spacial score (nSPS) is 13.8. The van der Waals surface area contributed by atoms with Crippen molar-refractivity contribution >= 4 is 57.1 Å². The van der Waals surface area contributed by atoms with Crippen LogP contribution in [0.15, 0.2) is 58.6 Å². The number of aromatic nitrogens is 1. The average Bonchev–Trinajstić information content (AvgIpc) is 3.46. The second-order valence-corrected chi connectivity index (χ2v) is 10.1. The van der Waals surface area contributed by atoms with Crippen LogP contribution in [0.5, 0.6) is 11.5 Å². The highest BCUT2D eigenvalue weighted by Crippen LogP contribution is 2.35. The summed E-state index contributed by atoms with van der Waals surface area (Å²) in [5, 5.41) is 6.48. The zero-order valence-electron chi connectivity index (χ0n) is 24.2. The van der Waals surface area contributed by atoms with Crippen LogP contribution in [0.4, 0.5) is 31.7 Å². The number of hydrogen-bond acceptors (Lipinski definition) is 9. The summed E-state index contributed by atoms with van der Waals surface area (Å²) in [5.74, 6) is -4.44. The van der Waals surface area contributed by atoms with Crippen LogP contribution < -0.4 is 25.0 Å². The number of amides is 1. The molecule has 0 bridgehead atoms. The lowest BCUT2D eigenvalue weighted by Crippen LogP contribution is -2.46. The number of carbonyl (C=O) groups excluding carboxylic acids is 2. The molecular weight excluding hydrogens is 596 g/mol. The minimum Gasteiger partial charge on any atom is -0.494 e. The Morgan fingerprint density at radius 2 is 1.73 bits per heavy atom. The van der Waals surface area contributed by atoms with E-state index < -0.39 is 28.9 Å². The van der Waals surface area contributed by atoms with Gasteiger partial charge in [0.05, 0.1) is 31.8 Å². The van der Waals surface area contributed by atoms with Crippen LogP contribution in [0.2, 0.25) is 0 Å². The molecule has 10 nitrogen and oxygen atoms in total. The Kier molecular flexibility index (Phi) is 9.31. The van der Waals surface area contributed by atoms with Crippen molar-refractivity contribution in [3.63, 3.8) is 0 Å². The van der Waals surface area contributed by atoms with Gasteiger partial charge in [0, 0.05) is 54.9 Å². The van der Waals surface area contributed by atoms with E-state index in [0.29, 0.717) is 22.6 Å². The molecule has 0 atom stereocenters. The highest BCUT2D eigenvalue weighted by Gasteiger charge is 2.28. The number of nitrogens with one attached hydrogen (secondary N) is 2. The number of piperazine rings is 1. The predicted molar refractivity (Wildman–Crippen MR) is 165 cm³/mol. The Balaban J connectivity index is 1.44. The molecule has 3 heterocycles. The van der Waals surface area contributed by atoms with Crippen molar-refractivity contribution in [3.8, 4) is 11.5 Å². The molecule has 2 aromatic heterocycles. The molecule has 0 aliphatic carbocycles. The number of hydrogen-bond donors (Lipinski definition) is 2. The van der Waals surface area contributed by atoms with Gasteiger partial charge in [-0.25, -0.2) is 13.8 Å². The van der Waals surface area contributed by atoms with Gasteiger partial charge in [0.2, 0.25) is 11.7 Å². The quantitative estimate of drug-likeness (QED) is 0.164. The molecule has 13 heteroatoms. The first-order valence-electron chi connectivity index (χ1n) is 13.8. The zero-order valence-corrected chi connectivity index (χ0v) is 25.0. The lowest BCUT2D eigenvalue weighted by Gasteiger charge is -2.35. The first-order valence-corrected chi connectivity index (χ1v) is 14.2. The molecule has 1 aliphatic heterocycles. The van der Waals surface area contributed by atoms with Crippen molar-refractivity contribution in [1.82, 2.24) is 9.88 Å². The van der Waals surface area contributed by atoms with E-state index in [9.17, 15) is 18.4 Å². The number of methoxy groups -OCH3 is 2. The molecule has 4 aromatic rings. The maximum absolute atomic E-state index is 15.0. The zero-order chi connectivity index (χ0) is 31.4. The molecule has 1 amide bonds. The Hall–Kier alpha value is -4.68. The van der Waals surface area contributed by atoms with Crippen molar-refractivity contribution in [2.75, 3.05) is 62.5 Å². The molecule has 0 spiro atoms. The Labute approximate surface area is 257 Å². The molecule has 2 aromatic carbocycles. The third-order valence-corrected chi connectivity index (χ3v) is 7.48. The summed E-state index contributed by atoms with van der Waals surface area (Å²) in [6.45, 7) is 6.72. The maximum atomic E-state index is 15.0. The van der Waals surface area contributed by atoms with Gasteiger partial charge in [-0.3, -0.25) is 9.59 Å². The highest BCUT2D eigenvalue weighted by molar-refractivity contribution is 6.27. The van der Waals surface area contributed by atoms with Crippen LogP contribution in [0.25, 0.3) is 11.0 Å². The standard InChI is InChI=1S/C31H30ClF2N5O5/c1-4-38-9-11-39(12-10-38)19-5-6-20(21(15-19)37-27(40)7-8-32)36-26-14-18-13-24(44-25(18)17-35-26)31(41)28-29(33)22(42-2)16-23(43-3)30(28)34/h5-8,13-17H,4,9-12H2,1-3H3,(H,35,36)(H,37,40)/b8-7-. The third-order valence-electron chi connectivity index (χ3n) is 7.35. The van der Waals surface area contributed by atoms with E-state index in [2.05, 4.69) is 32.3 Å². The van der Waals surface area contributed by atoms with Gasteiger partial charge in [-0.15, -0.1) is 0 Å². The molecule has 230 valence electrons. The Morgan fingerprint density at radius 3 is 2.36 bits per heavy atom. The minimum atomic E-state index is -1.17. The summed E-state index contributed by atoms with van der Waals surface area (Å²) in [6, 6.07) is 9.65. The number of pyridine rings is 1. The summed E-state index contributed by atoms with van der Waals surface area (Å²) in [7, 11) is 2.38. The molecule has 0 unspecified atom stereocenters. The van der Waals surface area contributed by atoms with Gasteiger partial charge in [0.15, 0.2) is 34.5 Å². The molecule has 5 rings (SSSR count). The van der Waals surface area contributed by atoms with Gasteiger partial charge >= 0.3 is 0 Å².